The van der Waals surface area contributed by atoms with Gasteiger partial charge in [0.05, 0.1) is 12.1 Å². The standard InChI is InChI=1S/C14H28N2O2/c1-5-14(4)8-12(6-7-18-14)15-10-13(17)16-9-11(2)3/h11-12,15H,5-10H2,1-4H3,(H,16,17). The largest absolute Gasteiger partial charge is 0.375 e. The monoisotopic (exact) mass is 256 g/mol. The smallest absolute Gasteiger partial charge is 0.233 e. The maximum Gasteiger partial charge on any atom is 0.233 e. The van der Waals surface area contributed by atoms with Crippen LogP contribution >= 0.6 is 0 Å². The van der Waals surface area contributed by atoms with Gasteiger partial charge in [0.15, 0.2) is 0 Å². The van der Waals surface area contributed by atoms with Crippen LogP contribution in [0.3, 0.4) is 0 Å². The molecule has 1 aliphatic rings. The molecule has 0 radical (unpaired) electrons. The van der Waals surface area contributed by atoms with Crippen LogP contribution in [0.5, 0.6) is 0 Å². The van der Waals surface area contributed by atoms with E-state index >= 15 is 0 Å². The third-order valence-electron chi connectivity index (χ3n) is 3.60. The fourth-order valence-electron chi connectivity index (χ4n) is 2.17. The number of nitrogens with one attached hydrogen (secondary N) is 2. The van der Waals surface area contributed by atoms with Crippen molar-refractivity contribution in [3.63, 3.8) is 0 Å². The summed E-state index contributed by atoms with van der Waals surface area (Å²) in [5.74, 6) is 0.591. The van der Waals surface area contributed by atoms with Crippen molar-refractivity contribution in [2.24, 2.45) is 5.92 Å². The molecular weight excluding hydrogens is 228 g/mol. The Morgan fingerprint density at radius 2 is 2.22 bits per heavy atom. The lowest BCUT2D eigenvalue weighted by molar-refractivity contribution is -0.121. The highest BCUT2D eigenvalue weighted by Crippen LogP contribution is 2.27. The van der Waals surface area contributed by atoms with Gasteiger partial charge in [-0.15, -0.1) is 0 Å². The Bertz CT molecular complexity index is 269. The number of hydrogen-bond donors (Lipinski definition) is 2. The third-order valence-corrected chi connectivity index (χ3v) is 3.60. The molecule has 0 aromatic rings. The molecule has 1 saturated heterocycles. The summed E-state index contributed by atoms with van der Waals surface area (Å²) < 4.78 is 5.79. The molecule has 4 nitrogen and oxygen atoms in total. The zero-order valence-corrected chi connectivity index (χ0v) is 12.2. The average molecular weight is 256 g/mol. The van der Waals surface area contributed by atoms with Gasteiger partial charge in [0.25, 0.3) is 0 Å². The van der Waals surface area contributed by atoms with Crippen LogP contribution in [0.25, 0.3) is 0 Å². The Hall–Kier alpha value is -0.610. The van der Waals surface area contributed by atoms with Crippen LogP contribution in [0.15, 0.2) is 0 Å². The van der Waals surface area contributed by atoms with Gasteiger partial charge in [-0.2, -0.15) is 0 Å². The molecule has 0 spiro atoms. The van der Waals surface area contributed by atoms with Crippen molar-refractivity contribution < 1.29 is 9.53 Å². The van der Waals surface area contributed by atoms with Gasteiger partial charge in [-0.3, -0.25) is 4.79 Å². The fourth-order valence-corrected chi connectivity index (χ4v) is 2.17. The first kappa shape index (κ1) is 15.4. The molecular formula is C14H28N2O2. The first-order valence-corrected chi connectivity index (χ1v) is 7.09. The van der Waals surface area contributed by atoms with Crippen LogP contribution in [0, 0.1) is 5.92 Å². The maximum absolute atomic E-state index is 11.6. The number of carbonyl (C=O) groups excluding carboxylic acids is 1. The van der Waals surface area contributed by atoms with Gasteiger partial charge in [0.2, 0.25) is 5.91 Å². The van der Waals surface area contributed by atoms with Gasteiger partial charge in [-0.05, 0) is 32.1 Å². The summed E-state index contributed by atoms with van der Waals surface area (Å²) in [6.07, 6.45) is 3.00. The quantitative estimate of drug-likeness (QED) is 0.760. The number of rotatable bonds is 6. The molecule has 1 heterocycles. The van der Waals surface area contributed by atoms with Crippen LogP contribution in [-0.4, -0.2) is 37.2 Å². The van der Waals surface area contributed by atoms with Crippen molar-refractivity contribution in [2.75, 3.05) is 19.7 Å². The minimum atomic E-state index is -0.0235. The van der Waals surface area contributed by atoms with Crippen molar-refractivity contribution in [1.29, 1.82) is 0 Å². The molecule has 0 aromatic carbocycles. The average Bonchev–Trinajstić information content (AvgIpc) is 2.34. The predicted molar refractivity (Wildman–Crippen MR) is 73.5 cm³/mol. The lowest BCUT2D eigenvalue weighted by Gasteiger charge is -2.38. The van der Waals surface area contributed by atoms with Crippen LogP contribution in [0.4, 0.5) is 0 Å². The summed E-state index contributed by atoms with van der Waals surface area (Å²) in [5, 5.41) is 6.27. The third kappa shape index (κ3) is 5.36. The van der Waals surface area contributed by atoms with Crippen molar-refractivity contribution in [2.45, 2.75) is 58.6 Å². The fraction of sp³-hybridized carbons (Fsp3) is 0.929. The Morgan fingerprint density at radius 1 is 1.50 bits per heavy atom. The van der Waals surface area contributed by atoms with Gasteiger partial charge in [0.1, 0.15) is 0 Å². The Kier molecular flexibility index (Phi) is 6.09. The molecule has 1 fully saturated rings. The molecule has 18 heavy (non-hydrogen) atoms. The molecule has 0 saturated carbocycles. The first-order valence-electron chi connectivity index (χ1n) is 7.09. The predicted octanol–water partition coefficient (Wildman–Crippen LogP) is 1.70. The number of carbonyl (C=O) groups is 1. The molecule has 1 rings (SSSR count). The molecule has 2 atom stereocenters. The highest BCUT2D eigenvalue weighted by molar-refractivity contribution is 5.77. The van der Waals surface area contributed by atoms with Crippen LogP contribution < -0.4 is 10.6 Å². The zero-order valence-electron chi connectivity index (χ0n) is 12.2. The molecule has 0 aromatic heterocycles. The van der Waals surface area contributed by atoms with E-state index in [-0.39, 0.29) is 11.5 Å². The van der Waals surface area contributed by atoms with E-state index in [1.54, 1.807) is 0 Å². The molecule has 2 N–H and O–H groups in total. The Morgan fingerprint density at radius 3 is 2.83 bits per heavy atom. The molecule has 2 unspecified atom stereocenters. The summed E-state index contributed by atoms with van der Waals surface area (Å²) in [5.41, 5.74) is -0.0235. The minimum absolute atomic E-state index is 0.0235. The van der Waals surface area contributed by atoms with E-state index < -0.39 is 0 Å². The number of hydrogen-bond acceptors (Lipinski definition) is 3. The number of ether oxygens (including phenoxy) is 1. The maximum atomic E-state index is 11.6. The van der Waals surface area contributed by atoms with Crippen molar-refractivity contribution in [1.82, 2.24) is 10.6 Å². The van der Waals surface area contributed by atoms with Crippen molar-refractivity contribution in [3.05, 3.63) is 0 Å². The number of amides is 1. The minimum Gasteiger partial charge on any atom is -0.375 e. The van der Waals surface area contributed by atoms with Gasteiger partial charge >= 0.3 is 0 Å². The summed E-state index contributed by atoms with van der Waals surface area (Å²) in [7, 11) is 0. The lowest BCUT2D eigenvalue weighted by Crippen LogP contribution is -2.47. The second-order valence-corrected chi connectivity index (χ2v) is 5.92. The summed E-state index contributed by atoms with van der Waals surface area (Å²) in [6.45, 7) is 10.4. The molecule has 106 valence electrons. The van der Waals surface area contributed by atoms with Gasteiger partial charge in [-0.25, -0.2) is 0 Å². The summed E-state index contributed by atoms with van der Waals surface area (Å²) >= 11 is 0. The van der Waals surface area contributed by atoms with Gasteiger partial charge in [0, 0.05) is 19.2 Å². The van der Waals surface area contributed by atoms with E-state index in [4.69, 9.17) is 4.74 Å². The molecule has 1 aliphatic heterocycles. The summed E-state index contributed by atoms with van der Waals surface area (Å²) in [6, 6.07) is 0.397. The highest BCUT2D eigenvalue weighted by Gasteiger charge is 2.31. The van der Waals surface area contributed by atoms with E-state index in [1.807, 2.05) is 0 Å². The zero-order chi connectivity index (χ0) is 13.6. The van der Waals surface area contributed by atoms with E-state index in [0.29, 0.717) is 18.5 Å². The van der Waals surface area contributed by atoms with E-state index in [9.17, 15) is 4.79 Å². The first-order chi connectivity index (χ1) is 8.45. The molecule has 0 bridgehead atoms. The second kappa shape index (κ2) is 7.10. The van der Waals surface area contributed by atoms with E-state index in [0.717, 1.165) is 32.4 Å². The van der Waals surface area contributed by atoms with Crippen LogP contribution in [0.1, 0.15) is 47.0 Å². The lowest BCUT2D eigenvalue weighted by atomic mass is 9.90. The van der Waals surface area contributed by atoms with Gasteiger partial charge in [-0.1, -0.05) is 20.8 Å². The molecule has 4 heteroatoms. The molecule has 0 aliphatic carbocycles. The Labute approximate surface area is 111 Å². The van der Waals surface area contributed by atoms with E-state index in [1.165, 1.54) is 0 Å². The van der Waals surface area contributed by atoms with E-state index in [2.05, 4.69) is 38.3 Å². The molecule has 1 amide bonds. The highest BCUT2D eigenvalue weighted by atomic mass is 16.5. The van der Waals surface area contributed by atoms with Crippen molar-refractivity contribution in [3.8, 4) is 0 Å². The van der Waals surface area contributed by atoms with Crippen LogP contribution in [0.2, 0.25) is 0 Å². The Balaban J connectivity index is 2.24. The topological polar surface area (TPSA) is 50.4 Å². The SMILES string of the molecule is CCC1(C)CC(NCC(=O)NCC(C)C)CCO1. The van der Waals surface area contributed by atoms with Gasteiger partial charge < -0.3 is 15.4 Å². The second-order valence-electron chi connectivity index (χ2n) is 5.92. The normalized spacial score (nSPS) is 28.4. The summed E-state index contributed by atoms with van der Waals surface area (Å²) in [4.78, 5) is 11.6. The van der Waals surface area contributed by atoms with Crippen molar-refractivity contribution >= 4 is 5.91 Å². The van der Waals surface area contributed by atoms with Crippen LogP contribution in [-0.2, 0) is 9.53 Å².